The predicted molar refractivity (Wildman–Crippen MR) is 247 cm³/mol. The molecule has 0 aliphatic rings. The molecule has 0 aliphatic carbocycles. The van der Waals surface area contributed by atoms with Gasteiger partial charge in [0.05, 0.1) is 87.7 Å². The number of aromatic hydroxyl groups is 2. The van der Waals surface area contributed by atoms with Crippen molar-refractivity contribution in [2.75, 3.05) is 10.6 Å². The molecule has 0 spiro atoms. The molecule has 22 nitrogen and oxygen atoms in total. The van der Waals surface area contributed by atoms with Crippen LogP contribution in [0, 0.1) is 0 Å². The Morgan fingerprint density at radius 3 is 1.69 bits per heavy atom. The molecule has 34 heteroatoms. The summed E-state index contributed by atoms with van der Waals surface area (Å²) in [7, 11) is -10.6. The van der Waals surface area contributed by atoms with Crippen molar-refractivity contribution in [2.45, 2.75) is 19.6 Å². The van der Waals surface area contributed by atoms with Crippen LogP contribution in [-0.4, -0.2) is 48.0 Å². The van der Waals surface area contributed by atoms with Gasteiger partial charge in [0.15, 0.2) is 11.5 Å². The van der Waals surface area contributed by atoms with Crippen molar-refractivity contribution < 1.29 is 193 Å². The Balaban J connectivity index is 0.00000361. The number of hydrogen-bond acceptors (Lipinski definition) is 22. The van der Waals surface area contributed by atoms with Gasteiger partial charge in [0.2, 0.25) is 0 Å². The molecule has 7 aromatic rings. The quantitative estimate of drug-likeness (QED) is 0.0196. The van der Waals surface area contributed by atoms with Gasteiger partial charge >= 0.3 is 118 Å². The third-order valence-corrected chi connectivity index (χ3v) is 13.6. The van der Waals surface area contributed by atoms with Crippen LogP contribution in [0.5, 0.6) is 11.5 Å². The number of amides is 2. The van der Waals surface area contributed by atoms with Gasteiger partial charge in [0.25, 0.3) is 11.8 Å². The average molecular weight is 1200 g/mol. The number of anilines is 2. The topological polar surface area (TPSA) is 346 Å². The molecule has 7 aromatic carbocycles. The number of benzene rings is 7. The Morgan fingerprint density at radius 2 is 1.12 bits per heavy atom. The monoisotopic (exact) mass is 1200 g/mol. The molecule has 4 N–H and O–H groups in total. The molecule has 0 saturated carbocycles. The van der Waals surface area contributed by atoms with Crippen molar-refractivity contribution in [1.29, 1.82) is 0 Å². The SMILES string of the molecule is O=C(Nc1cc(S(=O)(=O)[O-])cc2cc(SOO[O-])c(N=Nc3ccc(N=Nc4c(S(=O)(=O)[O-])cc5cc(SOO[O-])cc(NC(=O)c6cccc(Cl)c6Cl)c5c4O)cc3)c(O)c12)c1ccc(Cl)cc1Cl.[Na+].[Na+].[Na+].[Na+]. The Kier molecular flexibility index (Phi) is 26.0. The van der Waals surface area contributed by atoms with Crippen LogP contribution in [0.25, 0.3) is 21.5 Å². The molecule has 0 bridgehead atoms. The summed E-state index contributed by atoms with van der Waals surface area (Å²) >= 11 is 25.0. The molecule has 0 aliphatic heterocycles. The van der Waals surface area contributed by atoms with E-state index in [0.29, 0.717) is 12.0 Å². The van der Waals surface area contributed by atoms with Crippen molar-refractivity contribution in [2.24, 2.45) is 20.5 Å². The second-order valence-electron chi connectivity index (χ2n) is 13.7. The maximum Gasteiger partial charge on any atom is 1.00 e. The summed E-state index contributed by atoms with van der Waals surface area (Å²) < 4.78 is 82.9. The summed E-state index contributed by atoms with van der Waals surface area (Å²) in [6, 6.07) is 19.2. The van der Waals surface area contributed by atoms with E-state index >= 15 is 0 Å². The molecule has 0 aromatic heterocycles. The molecule has 7 rings (SSSR count). The van der Waals surface area contributed by atoms with Crippen LogP contribution in [0.2, 0.25) is 20.1 Å². The average Bonchev–Trinajstić information content (AvgIpc) is 3.29. The fraction of sp³-hybridized carbons (Fsp3) is 0. The minimum absolute atomic E-state index is 0. The maximum absolute atomic E-state index is 13.4. The summed E-state index contributed by atoms with van der Waals surface area (Å²) in [6.45, 7) is 0. The Labute approximate surface area is 534 Å². The van der Waals surface area contributed by atoms with Gasteiger partial charge in [-0.05, 0) is 102 Å². The number of nitrogens with zero attached hydrogens (tertiary/aromatic N) is 4. The smallest absolute Gasteiger partial charge is 0.744 e. The van der Waals surface area contributed by atoms with Crippen LogP contribution in [0.1, 0.15) is 20.7 Å². The van der Waals surface area contributed by atoms with Gasteiger partial charge in [0.1, 0.15) is 31.6 Å². The summed E-state index contributed by atoms with van der Waals surface area (Å²) in [5.41, 5.74) is -2.14. The van der Waals surface area contributed by atoms with E-state index in [1.807, 2.05) is 0 Å². The number of phenols is 2. The number of carbonyl (C=O) groups excluding carboxylic acids is 2. The molecule has 0 heterocycles. The third kappa shape index (κ3) is 16.0. The molecule has 0 atom stereocenters. The maximum atomic E-state index is 13.4. The largest absolute Gasteiger partial charge is 1.00 e. The zero-order chi connectivity index (χ0) is 50.7. The van der Waals surface area contributed by atoms with Gasteiger partial charge in [0, 0.05) is 20.7 Å². The minimum Gasteiger partial charge on any atom is -0.744 e. The zero-order valence-electron chi connectivity index (χ0n) is 37.8. The van der Waals surface area contributed by atoms with Gasteiger partial charge in [-0.3, -0.25) is 19.7 Å². The van der Waals surface area contributed by atoms with Crippen LogP contribution >= 0.6 is 70.5 Å². The standard InChI is InChI=1S/C40H24Cl4N6O16S4.4Na/c41-19-4-9-24(27(43)14-19)39(53)46-29-16-23(69(57,58)59)11-18-12-30(68-66-64-56)35(37(51)33(18)29)49-47-20-5-7-21(8-6-20)48-50-36-31(70(60,61)62)13-17-10-22(67-65-63-55)15-28(32(17)38(36)52)45-40(54)25-2-1-3-26(42)34(25)44;;;;/h1-16,51-52,55-56H,(H,45,54)(H,46,53)(H,57,58,59)(H,60,61,62);;;;/q;4*+1/p-4. The van der Waals surface area contributed by atoms with Crippen LogP contribution in [-0.2, 0) is 39.0 Å². The molecular weight excluding hydrogens is 1180 g/mol. The van der Waals surface area contributed by atoms with E-state index in [4.69, 9.17) is 46.4 Å². The second kappa shape index (κ2) is 28.9. The molecule has 0 saturated heterocycles. The van der Waals surface area contributed by atoms with Crippen molar-refractivity contribution in [1.82, 2.24) is 0 Å². The van der Waals surface area contributed by atoms with Crippen LogP contribution in [0.15, 0.2) is 137 Å². The molecule has 74 heavy (non-hydrogen) atoms. The normalized spacial score (nSPS) is 11.5. The zero-order valence-corrected chi connectivity index (χ0v) is 52.1. The molecule has 2 amide bonds. The first-order valence-electron chi connectivity index (χ1n) is 18.5. The summed E-state index contributed by atoms with van der Waals surface area (Å²) in [6.07, 6.45) is 0. The second-order valence-corrected chi connectivity index (χ2v) is 19.6. The number of rotatable bonds is 16. The van der Waals surface area contributed by atoms with E-state index in [1.165, 1.54) is 72.8 Å². The van der Waals surface area contributed by atoms with Crippen molar-refractivity contribution in [3.8, 4) is 11.5 Å². The van der Waals surface area contributed by atoms with Crippen molar-refractivity contribution in [3.05, 3.63) is 128 Å². The first-order valence-corrected chi connectivity index (χ1v) is 24.3. The fourth-order valence-corrected chi connectivity index (χ4v) is 9.39. The van der Waals surface area contributed by atoms with E-state index < -0.39 is 70.4 Å². The Hall–Kier alpha value is -1.76. The first-order chi connectivity index (χ1) is 33.2. The van der Waals surface area contributed by atoms with Gasteiger partial charge in [-0.2, -0.15) is 18.9 Å². The Bertz CT molecular complexity index is 3580. The first kappa shape index (κ1) is 66.5. The fourth-order valence-electron chi connectivity index (χ4n) is 6.39. The summed E-state index contributed by atoms with van der Waals surface area (Å²) in [5, 5.41) is 71.4. The summed E-state index contributed by atoms with van der Waals surface area (Å²) in [5.74, 6) is -3.47. The number of azo groups is 2. The predicted octanol–water partition coefficient (Wildman–Crippen LogP) is -2.36. The van der Waals surface area contributed by atoms with E-state index in [2.05, 4.69) is 49.8 Å². The number of halogens is 4. The number of fused-ring (bicyclic) bond motifs is 2. The van der Waals surface area contributed by atoms with Gasteiger partial charge in [-0.1, -0.05) is 52.5 Å². The molecule has 362 valence electrons. The van der Waals surface area contributed by atoms with Crippen molar-refractivity contribution >= 4 is 158 Å². The summed E-state index contributed by atoms with van der Waals surface area (Å²) in [4.78, 5) is 24.6. The van der Waals surface area contributed by atoms with Gasteiger partial charge < -0.3 is 40.5 Å². The Morgan fingerprint density at radius 1 is 0.581 bits per heavy atom. The number of phenolic OH excluding ortho intramolecular Hbond substituents is 2. The minimum atomic E-state index is -5.42. The van der Waals surface area contributed by atoms with Crippen LogP contribution < -0.4 is 139 Å². The number of nitrogens with one attached hydrogen (secondary N) is 2. The molecule has 0 fully saturated rings. The molecule has 0 unspecified atom stereocenters. The van der Waals surface area contributed by atoms with E-state index in [9.17, 15) is 56.3 Å². The number of hydrogen-bond donors (Lipinski definition) is 4. The number of carbonyl (C=O) groups is 2. The van der Waals surface area contributed by atoms with Gasteiger partial charge in [-0.15, -0.1) is 10.2 Å². The van der Waals surface area contributed by atoms with Crippen LogP contribution in [0.4, 0.5) is 34.1 Å². The third-order valence-electron chi connectivity index (χ3n) is 9.36. The van der Waals surface area contributed by atoms with Gasteiger partial charge in [-0.25, -0.2) is 16.8 Å². The van der Waals surface area contributed by atoms with E-state index in [1.54, 1.807) is 0 Å². The molecule has 0 radical (unpaired) electrons. The van der Waals surface area contributed by atoms with Crippen molar-refractivity contribution in [3.63, 3.8) is 0 Å². The van der Waals surface area contributed by atoms with Crippen LogP contribution in [0.3, 0.4) is 0 Å². The van der Waals surface area contributed by atoms with E-state index in [0.717, 1.165) is 24.3 Å². The molecular formula is C40H20Cl4N6Na4O16S4. The van der Waals surface area contributed by atoms with E-state index in [-0.39, 0.29) is 210 Å².